The molecule has 0 spiro atoms. The summed E-state index contributed by atoms with van der Waals surface area (Å²) in [5, 5.41) is 6.11. The Morgan fingerprint density at radius 2 is 2.16 bits per heavy atom. The first-order chi connectivity index (χ1) is 9.24. The summed E-state index contributed by atoms with van der Waals surface area (Å²) >= 11 is 2.23. The van der Waals surface area contributed by atoms with E-state index < -0.39 is 0 Å². The number of hydrogen-bond donors (Lipinski definition) is 2. The Labute approximate surface area is 126 Å². The van der Waals surface area contributed by atoms with E-state index in [4.69, 9.17) is 4.74 Å². The predicted molar refractivity (Wildman–Crippen MR) is 83.2 cm³/mol. The predicted octanol–water partition coefficient (Wildman–Crippen LogP) is 1.71. The van der Waals surface area contributed by atoms with Gasteiger partial charge >= 0.3 is 0 Å². The maximum absolute atomic E-state index is 11.6. The Balaban J connectivity index is 1.69. The second-order valence-electron chi connectivity index (χ2n) is 4.34. The maximum Gasteiger partial charge on any atom is 0.258 e. The molecule has 0 saturated heterocycles. The first kappa shape index (κ1) is 14.3. The van der Waals surface area contributed by atoms with Crippen LogP contribution in [0, 0.1) is 3.57 Å². The Morgan fingerprint density at radius 3 is 2.84 bits per heavy atom. The van der Waals surface area contributed by atoms with Gasteiger partial charge in [0.1, 0.15) is 5.75 Å². The Kier molecular flexibility index (Phi) is 5.65. The van der Waals surface area contributed by atoms with E-state index in [0.717, 1.165) is 28.8 Å². The standard InChI is InChI=1S/C14H17IN2O2/c15-12-1-3-13(4-2-12)19-10-14(18)17-9-11-5-7-16-8-6-11/h1-5,16H,6-10H2,(H,17,18). The molecule has 0 saturated carbocycles. The van der Waals surface area contributed by atoms with Crippen LogP contribution >= 0.6 is 22.6 Å². The van der Waals surface area contributed by atoms with E-state index in [1.165, 1.54) is 5.57 Å². The first-order valence-electron chi connectivity index (χ1n) is 6.28. The molecule has 1 amide bonds. The van der Waals surface area contributed by atoms with E-state index in [1.54, 1.807) is 0 Å². The summed E-state index contributed by atoms with van der Waals surface area (Å²) in [7, 11) is 0. The first-order valence-corrected chi connectivity index (χ1v) is 7.35. The zero-order chi connectivity index (χ0) is 13.5. The lowest BCUT2D eigenvalue weighted by Crippen LogP contribution is -2.32. The van der Waals surface area contributed by atoms with Crippen molar-refractivity contribution in [3.05, 3.63) is 39.5 Å². The molecule has 1 aliphatic heterocycles. The van der Waals surface area contributed by atoms with E-state index in [2.05, 4.69) is 39.3 Å². The summed E-state index contributed by atoms with van der Waals surface area (Å²) in [6.45, 7) is 2.56. The molecule has 1 aromatic rings. The van der Waals surface area contributed by atoms with Crippen LogP contribution in [0.2, 0.25) is 0 Å². The lowest BCUT2D eigenvalue weighted by molar-refractivity contribution is -0.122. The molecule has 2 rings (SSSR count). The number of rotatable bonds is 5. The van der Waals surface area contributed by atoms with Crippen LogP contribution in [-0.4, -0.2) is 32.1 Å². The molecule has 1 aliphatic rings. The molecule has 1 heterocycles. The summed E-state index contributed by atoms with van der Waals surface area (Å²) in [4.78, 5) is 11.6. The number of carbonyl (C=O) groups is 1. The van der Waals surface area contributed by atoms with Crippen LogP contribution in [0.5, 0.6) is 5.75 Å². The van der Waals surface area contributed by atoms with Gasteiger partial charge in [-0.1, -0.05) is 11.6 Å². The average Bonchev–Trinajstić information content (AvgIpc) is 2.45. The molecule has 0 unspecified atom stereocenters. The zero-order valence-corrected chi connectivity index (χ0v) is 12.8. The molecule has 5 heteroatoms. The van der Waals surface area contributed by atoms with Crippen LogP contribution in [0.15, 0.2) is 35.9 Å². The van der Waals surface area contributed by atoms with E-state index in [1.807, 2.05) is 24.3 Å². The van der Waals surface area contributed by atoms with Gasteiger partial charge in [-0.25, -0.2) is 0 Å². The SMILES string of the molecule is O=C(COc1ccc(I)cc1)NCC1=CCNCC1. The van der Waals surface area contributed by atoms with Crippen LogP contribution in [0.4, 0.5) is 0 Å². The molecule has 19 heavy (non-hydrogen) atoms. The van der Waals surface area contributed by atoms with E-state index in [-0.39, 0.29) is 12.5 Å². The van der Waals surface area contributed by atoms with Crippen molar-refractivity contribution in [1.82, 2.24) is 10.6 Å². The summed E-state index contributed by atoms with van der Waals surface area (Å²) in [6.07, 6.45) is 3.13. The highest BCUT2D eigenvalue weighted by atomic mass is 127. The van der Waals surface area contributed by atoms with Gasteiger partial charge in [0, 0.05) is 16.7 Å². The number of benzene rings is 1. The molecule has 0 atom stereocenters. The Hall–Kier alpha value is -1.08. The number of ether oxygens (including phenoxy) is 1. The fourth-order valence-electron chi connectivity index (χ4n) is 1.77. The van der Waals surface area contributed by atoms with Gasteiger partial charge in [0.25, 0.3) is 5.91 Å². The smallest absolute Gasteiger partial charge is 0.258 e. The van der Waals surface area contributed by atoms with E-state index >= 15 is 0 Å². The van der Waals surface area contributed by atoms with Gasteiger partial charge in [-0.2, -0.15) is 0 Å². The highest BCUT2D eigenvalue weighted by Crippen LogP contribution is 2.13. The third-order valence-electron chi connectivity index (χ3n) is 2.85. The van der Waals surface area contributed by atoms with Gasteiger partial charge in [-0.3, -0.25) is 4.79 Å². The van der Waals surface area contributed by atoms with Crippen molar-refractivity contribution in [2.24, 2.45) is 0 Å². The fourth-order valence-corrected chi connectivity index (χ4v) is 2.13. The normalized spacial score (nSPS) is 14.7. The molecule has 0 aromatic heterocycles. The molecule has 0 bridgehead atoms. The molecule has 102 valence electrons. The molecule has 0 aliphatic carbocycles. The number of nitrogens with one attached hydrogen (secondary N) is 2. The van der Waals surface area contributed by atoms with Crippen LogP contribution in [-0.2, 0) is 4.79 Å². The fraction of sp³-hybridized carbons (Fsp3) is 0.357. The van der Waals surface area contributed by atoms with E-state index in [9.17, 15) is 4.79 Å². The lowest BCUT2D eigenvalue weighted by atomic mass is 10.1. The summed E-state index contributed by atoms with van der Waals surface area (Å²) in [6, 6.07) is 7.63. The minimum atomic E-state index is -0.0852. The Morgan fingerprint density at radius 1 is 1.37 bits per heavy atom. The number of halogens is 1. The van der Waals surface area contributed by atoms with Crippen molar-refractivity contribution in [3.63, 3.8) is 0 Å². The molecule has 4 nitrogen and oxygen atoms in total. The van der Waals surface area contributed by atoms with Gasteiger partial charge < -0.3 is 15.4 Å². The van der Waals surface area contributed by atoms with Gasteiger partial charge in [0.05, 0.1) is 0 Å². The van der Waals surface area contributed by atoms with Crippen molar-refractivity contribution in [1.29, 1.82) is 0 Å². The Bertz CT molecular complexity index is 457. The topological polar surface area (TPSA) is 50.4 Å². The summed E-state index contributed by atoms with van der Waals surface area (Å²) < 4.78 is 6.56. The van der Waals surface area contributed by atoms with Gasteiger partial charge in [0.2, 0.25) is 0 Å². The van der Waals surface area contributed by atoms with Crippen LogP contribution in [0.3, 0.4) is 0 Å². The highest BCUT2D eigenvalue weighted by molar-refractivity contribution is 14.1. The van der Waals surface area contributed by atoms with Gasteiger partial charge in [0.15, 0.2) is 6.61 Å². The zero-order valence-electron chi connectivity index (χ0n) is 10.6. The number of amides is 1. The minimum Gasteiger partial charge on any atom is -0.484 e. The van der Waals surface area contributed by atoms with E-state index in [0.29, 0.717) is 6.54 Å². The third kappa shape index (κ3) is 5.20. The molecule has 0 radical (unpaired) electrons. The molecule has 2 N–H and O–H groups in total. The monoisotopic (exact) mass is 372 g/mol. The van der Waals surface area contributed by atoms with Crippen molar-refractivity contribution >= 4 is 28.5 Å². The molecule has 0 fully saturated rings. The number of hydrogen-bond acceptors (Lipinski definition) is 3. The van der Waals surface area contributed by atoms with Gasteiger partial charge in [-0.15, -0.1) is 0 Å². The van der Waals surface area contributed by atoms with Crippen molar-refractivity contribution < 1.29 is 9.53 Å². The second-order valence-corrected chi connectivity index (χ2v) is 5.58. The van der Waals surface area contributed by atoms with Crippen molar-refractivity contribution in [3.8, 4) is 5.75 Å². The minimum absolute atomic E-state index is 0.0616. The molecule has 1 aromatic carbocycles. The third-order valence-corrected chi connectivity index (χ3v) is 3.57. The molecular weight excluding hydrogens is 355 g/mol. The van der Waals surface area contributed by atoms with Crippen LogP contribution in [0.25, 0.3) is 0 Å². The van der Waals surface area contributed by atoms with Crippen molar-refractivity contribution in [2.75, 3.05) is 26.2 Å². The summed E-state index contributed by atoms with van der Waals surface area (Å²) in [5.74, 6) is 0.634. The summed E-state index contributed by atoms with van der Waals surface area (Å²) in [5.41, 5.74) is 1.28. The number of carbonyl (C=O) groups excluding carboxylic acids is 1. The molecular formula is C14H17IN2O2. The van der Waals surface area contributed by atoms with Crippen LogP contribution < -0.4 is 15.4 Å². The highest BCUT2D eigenvalue weighted by Gasteiger charge is 2.06. The lowest BCUT2D eigenvalue weighted by Gasteiger charge is -2.14. The largest absolute Gasteiger partial charge is 0.484 e. The van der Waals surface area contributed by atoms with Crippen LogP contribution in [0.1, 0.15) is 6.42 Å². The maximum atomic E-state index is 11.6. The average molecular weight is 372 g/mol. The second kappa shape index (κ2) is 7.49. The van der Waals surface area contributed by atoms with Crippen molar-refractivity contribution in [2.45, 2.75) is 6.42 Å². The quantitative estimate of drug-likeness (QED) is 0.611. The van der Waals surface area contributed by atoms with Gasteiger partial charge in [-0.05, 0) is 59.8 Å².